The van der Waals surface area contributed by atoms with Gasteiger partial charge in [0.05, 0.1) is 12.8 Å². The van der Waals surface area contributed by atoms with E-state index in [0.717, 1.165) is 49.7 Å². The molecule has 1 N–H and O–H groups in total. The highest BCUT2D eigenvalue weighted by atomic mass is 79.9. The van der Waals surface area contributed by atoms with Gasteiger partial charge in [0.1, 0.15) is 18.5 Å². The summed E-state index contributed by atoms with van der Waals surface area (Å²) < 4.78 is 38.4. The van der Waals surface area contributed by atoms with Crippen molar-refractivity contribution in [3.8, 4) is 11.5 Å². The summed E-state index contributed by atoms with van der Waals surface area (Å²) in [5.74, 6) is -1.24. The molecule has 0 amide bonds. The molecule has 30 heavy (non-hydrogen) atoms. The third-order valence-electron chi connectivity index (χ3n) is 4.65. The Kier molecular flexibility index (Phi) is 11.1. The first kappa shape index (κ1) is 26.7. The second-order valence-electron chi connectivity index (χ2n) is 6.62. The van der Waals surface area contributed by atoms with Gasteiger partial charge in [-0.05, 0) is 24.3 Å². The van der Waals surface area contributed by atoms with E-state index in [-0.39, 0.29) is 31.4 Å². The number of β-amino-alcohol motifs (C(OH)–C–C–N with tert-alkyl or cyclic N) is 1. The summed E-state index contributed by atoms with van der Waals surface area (Å²) in [5, 5.41) is 10.2. The van der Waals surface area contributed by atoms with Crippen LogP contribution in [0.25, 0.3) is 0 Å². The first-order valence-electron chi connectivity index (χ1n) is 9.03. The number of ether oxygens (including phenoxy) is 2. The van der Waals surface area contributed by atoms with Gasteiger partial charge in [0, 0.05) is 37.2 Å². The minimum Gasteiger partial charge on any atom is -1.00 e. The Morgan fingerprint density at radius 1 is 1.07 bits per heavy atom. The van der Waals surface area contributed by atoms with Crippen LogP contribution in [0.5, 0.6) is 11.5 Å². The fraction of sp³-hybridized carbons (Fsp3) is 0.400. The van der Waals surface area contributed by atoms with Crippen LogP contribution in [-0.2, 0) is 0 Å². The zero-order valence-electron chi connectivity index (χ0n) is 16.3. The van der Waals surface area contributed by atoms with E-state index in [4.69, 9.17) is 9.47 Å². The van der Waals surface area contributed by atoms with Gasteiger partial charge in [-0.15, -0.1) is 0 Å². The van der Waals surface area contributed by atoms with Gasteiger partial charge in [-0.25, -0.2) is 8.78 Å². The van der Waals surface area contributed by atoms with Gasteiger partial charge in [-0.3, -0.25) is 4.90 Å². The van der Waals surface area contributed by atoms with Gasteiger partial charge < -0.3 is 44.3 Å². The Bertz CT molecular complexity index is 788. The summed E-state index contributed by atoms with van der Waals surface area (Å²) in [6.45, 7) is 3.31. The Morgan fingerprint density at radius 3 is 2.27 bits per heavy atom. The average molecular weight is 528 g/mol. The van der Waals surface area contributed by atoms with Gasteiger partial charge in [0.25, 0.3) is 0 Å². The monoisotopic (exact) mass is 526 g/mol. The lowest BCUT2D eigenvalue weighted by Gasteiger charge is -2.37. The van der Waals surface area contributed by atoms with Crippen molar-refractivity contribution in [2.45, 2.75) is 6.10 Å². The van der Waals surface area contributed by atoms with Crippen LogP contribution in [0.15, 0.2) is 40.9 Å². The molecule has 0 aromatic heterocycles. The van der Waals surface area contributed by atoms with Crippen LogP contribution < -0.4 is 39.2 Å². The summed E-state index contributed by atoms with van der Waals surface area (Å²) in [6.07, 6.45) is -0.847. The van der Waals surface area contributed by atoms with E-state index in [9.17, 15) is 13.9 Å². The third-order valence-corrected chi connectivity index (χ3v) is 5.11. The lowest BCUT2D eigenvalue weighted by Crippen LogP contribution is -3.00. The molecule has 168 valence electrons. The molecule has 2 aromatic rings. The summed E-state index contributed by atoms with van der Waals surface area (Å²) >= 11 is 3.02. The first-order valence-corrected chi connectivity index (χ1v) is 9.83. The van der Waals surface area contributed by atoms with Gasteiger partial charge in [0.15, 0.2) is 17.4 Å². The van der Waals surface area contributed by atoms with Crippen LogP contribution in [0.1, 0.15) is 0 Å². The third kappa shape index (κ3) is 6.85. The number of nitrogens with zero attached hydrogens (tertiary/aromatic N) is 2. The van der Waals surface area contributed by atoms with E-state index in [1.807, 2.05) is 24.3 Å². The number of hydrogen-bond donors (Lipinski definition) is 1. The molecule has 1 atom stereocenters. The molecule has 0 saturated carbocycles. The molecule has 0 spiro atoms. The van der Waals surface area contributed by atoms with E-state index in [0.29, 0.717) is 11.0 Å². The molecule has 3 rings (SSSR count). The van der Waals surface area contributed by atoms with Crippen LogP contribution in [-0.4, -0.2) is 62.6 Å². The van der Waals surface area contributed by atoms with Crippen molar-refractivity contribution in [2.75, 3.05) is 51.3 Å². The molecule has 0 bridgehead atoms. The fourth-order valence-electron chi connectivity index (χ4n) is 3.26. The average Bonchev–Trinajstić information content (AvgIpc) is 2.67. The number of rotatable bonds is 7. The molecule has 5 nitrogen and oxygen atoms in total. The molecule has 1 unspecified atom stereocenters. The highest BCUT2D eigenvalue weighted by Crippen LogP contribution is 2.28. The molecule has 1 heterocycles. The van der Waals surface area contributed by atoms with Crippen molar-refractivity contribution in [2.24, 2.45) is 0 Å². The quantitative estimate of drug-likeness (QED) is 0.425. The Morgan fingerprint density at radius 2 is 1.67 bits per heavy atom. The predicted molar refractivity (Wildman–Crippen MR) is 107 cm³/mol. The zero-order chi connectivity index (χ0) is 20.1. The first-order chi connectivity index (χ1) is 13.5. The Hall–Kier alpha value is -1.32. The van der Waals surface area contributed by atoms with Crippen LogP contribution in [0.2, 0.25) is 0 Å². The molecule has 0 radical (unpaired) electrons. The number of piperazine rings is 1. The lowest BCUT2D eigenvalue weighted by atomic mass is 10.2. The maximum atomic E-state index is 13.8. The Labute approximate surface area is 195 Å². The van der Waals surface area contributed by atoms with E-state index in [1.165, 1.54) is 0 Å². The number of hydrogen-bond acceptors (Lipinski definition) is 5. The van der Waals surface area contributed by atoms with Crippen molar-refractivity contribution < 1.29 is 48.2 Å². The van der Waals surface area contributed by atoms with Crippen LogP contribution >= 0.6 is 15.9 Å². The fourth-order valence-corrected chi connectivity index (χ4v) is 3.66. The molecule has 0 aliphatic carbocycles. The van der Waals surface area contributed by atoms with Gasteiger partial charge in [0.2, 0.25) is 0 Å². The lowest BCUT2D eigenvalue weighted by molar-refractivity contribution is -0.001000. The second-order valence-corrected chi connectivity index (χ2v) is 7.54. The van der Waals surface area contributed by atoms with Crippen LogP contribution in [0.4, 0.5) is 14.5 Å². The number of aliphatic hydroxyl groups excluding tert-OH is 1. The highest BCUT2D eigenvalue weighted by molar-refractivity contribution is 9.10. The van der Waals surface area contributed by atoms with Gasteiger partial charge in [-0.1, -0.05) is 28.1 Å². The normalized spacial score (nSPS) is 15.0. The summed E-state index contributed by atoms with van der Waals surface area (Å²) in [7, 11) is 1.66. The van der Waals surface area contributed by atoms with E-state index in [2.05, 4.69) is 25.7 Å². The molecule has 1 aliphatic heterocycles. The van der Waals surface area contributed by atoms with Crippen LogP contribution in [0.3, 0.4) is 0 Å². The zero-order valence-corrected chi connectivity index (χ0v) is 19.4. The molecule has 1 aliphatic rings. The number of aliphatic hydroxyl groups is 1. The van der Waals surface area contributed by atoms with Crippen LogP contribution in [0, 0.1) is 11.6 Å². The topological polar surface area (TPSA) is 45.2 Å². The molecule has 2 aromatic carbocycles. The standard InChI is InChI=1S/C20H23BrF2N2O3.2ClH/c1-27-19-5-3-2-4-18(19)25-8-6-24(7-9-25)12-15(26)13-28-20-16(22)10-14(21)11-17(20)23;;/h2-5,10-11,15,26H,6-9,12-13H2,1H3;2*1H/p-2. The molecular formula is C20H23BrCl2F2N2O3-2. The SMILES string of the molecule is COc1ccccc1N1CCN(CC(O)COc2c(F)cc(Br)cc2F)CC1.[Cl-].[Cl-]. The minimum atomic E-state index is -0.847. The maximum Gasteiger partial charge on any atom is 0.190 e. The number of benzene rings is 2. The van der Waals surface area contributed by atoms with E-state index < -0.39 is 23.5 Å². The van der Waals surface area contributed by atoms with Crippen molar-refractivity contribution in [3.63, 3.8) is 0 Å². The van der Waals surface area contributed by atoms with Crippen molar-refractivity contribution in [1.82, 2.24) is 4.90 Å². The Balaban J connectivity index is 0.00000225. The summed E-state index contributed by atoms with van der Waals surface area (Å²) in [4.78, 5) is 4.35. The van der Waals surface area contributed by atoms with Crippen molar-refractivity contribution in [1.29, 1.82) is 0 Å². The number of methoxy groups -OCH3 is 1. The largest absolute Gasteiger partial charge is 1.00 e. The van der Waals surface area contributed by atoms with Crippen molar-refractivity contribution >= 4 is 21.6 Å². The van der Waals surface area contributed by atoms with Gasteiger partial charge in [-0.2, -0.15) is 0 Å². The number of para-hydroxylation sites is 2. The number of anilines is 1. The number of halogens is 5. The molecule has 1 fully saturated rings. The smallest absolute Gasteiger partial charge is 0.190 e. The predicted octanol–water partition coefficient (Wildman–Crippen LogP) is -2.69. The van der Waals surface area contributed by atoms with E-state index in [1.54, 1.807) is 7.11 Å². The molecule has 10 heteroatoms. The summed E-state index contributed by atoms with van der Waals surface area (Å²) in [5.41, 5.74) is 1.05. The summed E-state index contributed by atoms with van der Waals surface area (Å²) in [6, 6.07) is 10.1. The molecule has 1 saturated heterocycles. The molecular weight excluding hydrogens is 505 g/mol. The maximum absolute atomic E-state index is 13.8. The van der Waals surface area contributed by atoms with Gasteiger partial charge >= 0.3 is 0 Å². The minimum absolute atomic E-state index is 0. The highest BCUT2D eigenvalue weighted by Gasteiger charge is 2.22. The second kappa shape index (κ2) is 12.5. The van der Waals surface area contributed by atoms with Crippen molar-refractivity contribution in [3.05, 3.63) is 52.5 Å². The van der Waals surface area contributed by atoms with E-state index >= 15 is 0 Å².